The van der Waals surface area contributed by atoms with E-state index in [1.807, 2.05) is 54.6 Å². The van der Waals surface area contributed by atoms with Gasteiger partial charge in [-0.05, 0) is 17.7 Å². The molecule has 0 saturated heterocycles. The topological polar surface area (TPSA) is 75.9 Å². The summed E-state index contributed by atoms with van der Waals surface area (Å²) in [4.78, 5) is 24.9. The Morgan fingerprint density at radius 3 is 2.67 bits per heavy atom. The number of nitrogens with zero attached hydrogens (tertiary/aromatic N) is 4. The third-order valence-corrected chi connectivity index (χ3v) is 4.37. The zero-order chi connectivity index (χ0) is 16.4. The van der Waals surface area contributed by atoms with E-state index in [1.165, 1.54) is 16.3 Å². The van der Waals surface area contributed by atoms with Crippen molar-refractivity contribution in [3.8, 4) is 11.3 Å². The van der Waals surface area contributed by atoms with Crippen molar-refractivity contribution in [3.05, 3.63) is 77.0 Å². The van der Waals surface area contributed by atoms with E-state index >= 15 is 0 Å². The van der Waals surface area contributed by atoms with Crippen LogP contribution < -0.4 is 5.69 Å². The predicted octanol–water partition coefficient (Wildman–Crippen LogP) is 2.77. The molecular weight excluding hydrogens is 322 g/mol. The Balaban J connectivity index is 1.66. The lowest BCUT2D eigenvalue weighted by Gasteiger charge is -1.99. The number of rotatable bonds is 4. The second-order valence-electron chi connectivity index (χ2n) is 5.13. The van der Waals surface area contributed by atoms with Gasteiger partial charge in [-0.25, -0.2) is 9.78 Å². The van der Waals surface area contributed by atoms with E-state index in [2.05, 4.69) is 20.1 Å². The van der Waals surface area contributed by atoms with Crippen LogP contribution in [0.1, 0.15) is 5.69 Å². The van der Waals surface area contributed by atoms with Crippen LogP contribution in [0.5, 0.6) is 0 Å². The van der Waals surface area contributed by atoms with Gasteiger partial charge in [0.15, 0.2) is 10.8 Å². The van der Waals surface area contributed by atoms with Crippen molar-refractivity contribution in [2.45, 2.75) is 10.9 Å². The molecule has 3 heterocycles. The maximum Gasteiger partial charge on any atom is 0.370 e. The number of nitrogens with one attached hydrogen (secondary N) is 1. The lowest BCUT2D eigenvalue weighted by Crippen LogP contribution is -2.19. The predicted molar refractivity (Wildman–Crippen MR) is 92.8 cm³/mol. The van der Waals surface area contributed by atoms with Gasteiger partial charge in [-0.15, -0.1) is 0 Å². The minimum absolute atomic E-state index is 0.370. The number of thioether (sulfide) groups is 1. The van der Waals surface area contributed by atoms with Crippen LogP contribution >= 0.6 is 11.8 Å². The van der Waals surface area contributed by atoms with E-state index in [-0.39, 0.29) is 5.69 Å². The SMILES string of the molecule is O=c1nc(SCc2ccccn2)nc2cc(-c3ccccc3)[nH]n12. The Morgan fingerprint density at radius 1 is 1.04 bits per heavy atom. The Hall–Kier alpha value is -2.93. The molecule has 6 nitrogen and oxygen atoms in total. The van der Waals surface area contributed by atoms with Crippen LogP contribution in [-0.2, 0) is 5.75 Å². The van der Waals surface area contributed by atoms with Gasteiger partial charge in [-0.3, -0.25) is 10.1 Å². The van der Waals surface area contributed by atoms with E-state index in [0.717, 1.165) is 17.0 Å². The van der Waals surface area contributed by atoms with Crippen LogP contribution in [0.2, 0.25) is 0 Å². The summed E-state index contributed by atoms with van der Waals surface area (Å²) in [6, 6.07) is 17.4. The van der Waals surface area contributed by atoms with Gasteiger partial charge in [-0.2, -0.15) is 9.50 Å². The van der Waals surface area contributed by atoms with Crippen LogP contribution in [0, 0.1) is 0 Å². The minimum atomic E-state index is -0.370. The Morgan fingerprint density at radius 2 is 1.88 bits per heavy atom. The van der Waals surface area contributed by atoms with Crippen molar-refractivity contribution in [1.29, 1.82) is 0 Å². The monoisotopic (exact) mass is 335 g/mol. The number of hydrogen-bond donors (Lipinski definition) is 1. The molecule has 0 radical (unpaired) electrons. The van der Waals surface area contributed by atoms with Gasteiger partial charge < -0.3 is 0 Å². The van der Waals surface area contributed by atoms with Gasteiger partial charge in [0.1, 0.15) is 0 Å². The quantitative estimate of drug-likeness (QED) is 0.580. The normalized spacial score (nSPS) is 11.0. The van der Waals surface area contributed by atoms with Crippen LogP contribution in [-0.4, -0.2) is 24.6 Å². The molecule has 0 aliphatic rings. The maximum atomic E-state index is 12.2. The van der Waals surface area contributed by atoms with Gasteiger partial charge in [0, 0.05) is 18.0 Å². The van der Waals surface area contributed by atoms with Crippen molar-refractivity contribution in [1.82, 2.24) is 24.6 Å². The lowest BCUT2D eigenvalue weighted by molar-refractivity contribution is 0.788. The molecule has 7 heteroatoms. The third kappa shape index (κ3) is 2.93. The lowest BCUT2D eigenvalue weighted by atomic mass is 10.2. The number of benzene rings is 1. The van der Waals surface area contributed by atoms with E-state index in [1.54, 1.807) is 6.20 Å². The molecule has 0 amide bonds. The summed E-state index contributed by atoms with van der Waals surface area (Å²) in [5.74, 6) is 0.617. The average Bonchev–Trinajstić information content (AvgIpc) is 3.06. The molecule has 0 spiro atoms. The summed E-state index contributed by atoms with van der Waals surface area (Å²) >= 11 is 1.40. The summed E-state index contributed by atoms with van der Waals surface area (Å²) in [6.07, 6.45) is 1.74. The second kappa shape index (κ2) is 6.29. The molecule has 4 rings (SSSR count). The first-order chi connectivity index (χ1) is 11.8. The second-order valence-corrected chi connectivity index (χ2v) is 6.07. The summed E-state index contributed by atoms with van der Waals surface area (Å²) in [5.41, 5.74) is 2.92. The smallest absolute Gasteiger partial charge is 0.288 e. The van der Waals surface area contributed by atoms with Gasteiger partial charge in [0.05, 0.1) is 11.4 Å². The van der Waals surface area contributed by atoms with Gasteiger partial charge in [0.25, 0.3) is 0 Å². The highest BCUT2D eigenvalue weighted by molar-refractivity contribution is 7.98. The van der Waals surface area contributed by atoms with Crippen LogP contribution in [0.15, 0.2) is 70.7 Å². The van der Waals surface area contributed by atoms with E-state index < -0.39 is 0 Å². The van der Waals surface area contributed by atoms with E-state index in [0.29, 0.717) is 16.6 Å². The van der Waals surface area contributed by atoms with Crippen molar-refractivity contribution < 1.29 is 0 Å². The van der Waals surface area contributed by atoms with Crippen LogP contribution in [0.3, 0.4) is 0 Å². The van der Waals surface area contributed by atoms with E-state index in [4.69, 9.17) is 0 Å². The number of hydrogen-bond acceptors (Lipinski definition) is 5. The number of aromatic amines is 1. The molecule has 0 bridgehead atoms. The summed E-state index contributed by atoms with van der Waals surface area (Å²) in [6.45, 7) is 0. The molecule has 0 aliphatic heterocycles. The standard InChI is InChI=1S/C17H13N5OS/c23-17-20-16(24-11-13-8-4-5-9-18-13)19-15-10-14(21-22(15)17)12-6-2-1-3-7-12/h1-10,21H,11H2. The van der Waals surface area contributed by atoms with Crippen LogP contribution in [0.4, 0.5) is 0 Å². The number of H-pyrrole nitrogens is 1. The third-order valence-electron chi connectivity index (χ3n) is 3.49. The molecular formula is C17H13N5OS. The highest BCUT2D eigenvalue weighted by atomic mass is 32.2. The number of fused-ring (bicyclic) bond motifs is 1. The summed E-state index contributed by atoms with van der Waals surface area (Å²) in [7, 11) is 0. The largest absolute Gasteiger partial charge is 0.370 e. The molecule has 24 heavy (non-hydrogen) atoms. The number of aromatic nitrogens is 5. The fourth-order valence-corrected chi connectivity index (χ4v) is 3.09. The fourth-order valence-electron chi connectivity index (χ4n) is 2.34. The summed E-state index contributed by atoms with van der Waals surface area (Å²) < 4.78 is 1.35. The number of pyridine rings is 1. The minimum Gasteiger partial charge on any atom is -0.288 e. The van der Waals surface area contributed by atoms with Crippen molar-refractivity contribution in [2.24, 2.45) is 0 Å². The molecule has 1 aromatic carbocycles. The van der Waals surface area contributed by atoms with Gasteiger partial charge in [0.2, 0.25) is 0 Å². The van der Waals surface area contributed by atoms with Gasteiger partial charge in [-0.1, -0.05) is 48.2 Å². The van der Waals surface area contributed by atoms with Gasteiger partial charge >= 0.3 is 5.69 Å². The highest BCUT2D eigenvalue weighted by Crippen LogP contribution is 2.20. The van der Waals surface area contributed by atoms with Crippen molar-refractivity contribution >= 4 is 17.4 Å². The molecule has 0 saturated carbocycles. The molecule has 3 aromatic heterocycles. The zero-order valence-electron chi connectivity index (χ0n) is 12.6. The van der Waals surface area contributed by atoms with E-state index in [9.17, 15) is 4.79 Å². The molecule has 0 aliphatic carbocycles. The molecule has 4 aromatic rings. The average molecular weight is 335 g/mol. The van der Waals surface area contributed by atoms with Crippen molar-refractivity contribution in [2.75, 3.05) is 0 Å². The van der Waals surface area contributed by atoms with Crippen LogP contribution in [0.25, 0.3) is 16.9 Å². The molecule has 118 valence electrons. The first-order valence-corrected chi connectivity index (χ1v) is 8.36. The fraction of sp³-hybridized carbons (Fsp3) is 0.0588. The Labute approximate surface area is 141 Å². The first-order valence-electron chi connectivity index (χ1n) is 7.37. The molecule has 0 atom stereocenters. The molecule has 0 unspecified atom stereocenters. The van der Waals surface area contributed by atoms with Crippen molar-refractivity contribution in [3.63, 3.8) is 0 Å². The molecule has 1 N–H and O–H groups in total. The summed E-state index contributed by atoms with van der Waals surface area (Å²) in [5, 5.41) is 3.49. The Bertz CT molecular complexity index is 1030. The first kappa shape index (κ1) is 14.6. The zero-order valence-corrected chi connectivity index (χ0v) is 13.4. The molecule has 0 fully saturated rings. The highest BCUT2D eigenvalue weighted by Gasteiger charge is 2.09. The Kier molecular flexibility index (Phi) is 3.84. The maximum absolute atomic E-state index is 12.2.